The van der Waals surface area contributed by atoms with E-state index in [4.69, 9.17) is 0 Å². The second-order valence-electron chi connectivity index (χ2n) is 3.67. The first-order chi connectivity index (χ1) is 5.29. The van der Waals surface area contributed by atoms with E-state index < -0.39 is 0 Å². The highest BCUT2D eigenvalue weighted by Gasteiger charge is 2.23. The molecule has 58 valence electrons. The second kappa shape index (κ2) is 2.37. The molecule has 1 aromatic carbocycles. The average molecular weight is 146 g/mol. The summed E-state index contributed by atoms with van der Waals surface area (Å²) < 4.78 is 0. The summed E-state index contributed by atoms with van der Waals surface area (Å²) in [6.07, 6.45) is 1.33. The van der Waals surface area contributed by atoms with Crippen LogP contribution in [0.15, 0.2) is 24.3 Å². The fraction of sp³-hybridized carbons (Fsp3) is 0.455. The standard InChI is InChI=1S/C11H14/c1-8-7-9(2)11-6-4-3-5-10(8)11/h3-6,8-9H,7H2,1-2H3/t8-,9?/m0/s1. The van der Waals surface area contributed by atoms with Gasteiger partial charge in [0.15, 0.2) is 0 Å². The van der Waals surface area contributed by atoms with Crippen LogP contribution in [0.25, 0.3) is 0 Å². The Morgan fingerprint density at radius 2 is 1.45 bits per heavy atom. The quantitative estimate of drug-likeness (QED) is 0.527. The summed E-state index contributed by atoms with van der Waals surface area (Å²) in [6.45, 7) is 4.64. The predicted molar refractivity (Wildman–Crippen MR) is 47.9 cm³/mol. The zero-order valence-electron chi connectivity index (χ0n) is 7.17. The molecule has 0 spiro atoms. The van der Waals surface area contributed by atoms with Crippen LogP contribution in [0.3, 0.4) is 0 Å². The molecule has 1 aliphatic rings. The molecular formula is C11H14. The van der Waals surface area contributed by atoms with Crippen LogP contribution in [-0.4, -0.2) is 0 Å². The summed E-state index contributed by atoms with van der Waals surface area (Å²) in [5, 5.41) is 0. The van der Waals surface area contributed by atoms with Crippen LogP contribution in [0.1, 0.15) is 43.2 Å². The van der Waals surface area contributed by atoms with Crippen LogP contribution in [0.2, 0.25) is 0 Å². The largest absolute Gasteiger partial charge is 0.0620 e. The minimum absolute atomic E-state index is 0.779. The van der Waals surface area contributed by atoms with Crippen molar-refractivity contribution in [3.05, 3.63) is 35.4 Å². The maximum absolute atomic E-state index is 2.32. The summed E-state index contributed by atoms with van der Waals surface area (Å²) in [4.78, 5) is 0. The Labute approximate surface area is 68.3 Å². The van der Waals surface area contributed by atoms with E-state index in [1.54, 1.807) is 11.1 Å². The van der Waals surface area contributed by atoms with Crippen molar-refractivity contribution in [2.45, 2.75) is 32.1 Å². The van der Waals surface area contributed by atoms with Crippen LogP contribution in [0.5, 0.6) is 0 Å². The molecule has 1 aromatic rings. The number of rotatable bonds is 0. The van der Waals surface area contributed by atoms with Gasteiger partial charge in [-0.1, -0.05) is 38.1 Å². The molecule has 0 heteroatoms. The van der Waals surface area contributed by atoms with Crippen molar-refractivity contribution >= 4 is 0 Å². The molecule has 0 aromatic heterocycles. The molecule has 0 saturated heterocycles. The van der Waals surface area contributed by atoms with E-state index >= 15 is 0 Å². The summed E-state index contributed by atoms with van der Waals surface area (Å²) in [5.74, 6) is 1.56. The summed E-state index contributed by atoms with van der Waals surface area (Å²) in [7, 11) is 0. The zero-order chi connectivity index (χ0) is 7.84. The molecule has 0 radical (unpaired) electrons. The van der Waals surface area contributed by atoms with Gasteiger partial charge in [-0.25, -0.2) is 0 Å². The lowest BCUT2D eigenvalue weighted by molar-refractivity contribution is 0.661. The van der Waals surface area contributed by atoms with E-state index in [0.29, 0.717) is 0 Å². The molecule has 0 N–H and O–H groups in total. The van der Waals surface area contributed by atoms with Gasteiger partial charge < -0.3 is 0 Å². The minimum Gasteiger partial charge on any atom is -0.0620 e. The molecule has 0 nitrogen and oxygen atoms in total. The molecule has 1 aliphatic carbocycles. The Kier molecular flexibility index (Phi) is 1.49. The molecule has 0 heterocycles. The third kappa shape index (κ3) is 0.973. The Morgan fingerprint density at radius 3 is 1.91 bits per heavy atom. The third-order valence-corrected chi connectivity index (χ3v) is 2.76. The lowest BCUT2D eigenvalue weighted by Gasteiger charge is -2.02. The van der Waals surface area contributed by atoms with Gasteiger partial charge in [-0.2, -0.15) is 0 Å². The first kappa shape index (κ1) is 6.90. The zero-order valence-corrected chi connectivity index (χ0v) is 7.17. The fourth-order valence-corrected chi connectivity index (χ4v) is 2.19. The van der Waals surface area contributed by atoms with Crippen molar-refractivity contribution in [1.29, 1.82) is 0 Å². The molecule has 2 rings (SSSR count). The van der Waals surface area contributed by atoms with Crippen LogP contribution in [0, 0.1) is 0 Å². The van der Waals surface area contributed by atoms with Crippen LogP contribution in [0.4, 0.5) is 0 Å². The third-order valence-electron chi connectivity index (χ3n) is 2.76. The maximum atomic E-state index is 2.32. The fourth-order valence-electron chi connectivity index (χ4n) is 2.19. The topological polar surface area (TPSA) is 0 Å². The maximum Gasteiger partial charge on any atom is -0.0182 e. The SMILES string of the molecule is CC1C[C@H](C)c2ccccc21. The van der Waals surface area contributed by atoms with Gasteiger partial charge in [0.2, 0.25) is 0 Å². The van der Waals surface area contributed by atoms with Gasteiger partial charge in [-0.05, 0) is 29.4 Å². The molecular weight excluding hydrogens is 132 g/mol. The van der Waals surface area contributed by atoms with Crippen LogP contribution < -0.4 is 0 Å². The van der Waals surface area contributed by atoms with Gasteiger partial charge in [0, 0.05) is 0 Å². The Balaban J connectivity index is 2.52. The normalized spacial score (nSPS) is 28.5. The number of benzene rings is 1. The molecule has 0 bridgehead atoms. The minimum atomic E-state index is 0.779. The van der Waals surface area contributed by atoms with E-state index in [1.165, 1.54) is 6.42 Å². The predicted octanol–water partition coefficient (Wildman–Crippen LogP) is 3.30. The van der Waals surface area contributed by atoms with Crippen molar-refractivity contribution in [2.75, 3.05) is 0 Å². The van der Waals surface area contributed by atoms with Crippen molar-refractivity contribution < 1.29 is 0 Å². The highest BCUT2D eigenvalue weighted by atomic mass is 14.3. The highest BCUT2D eigenvalue weighted by Crippen LogP contribution is 2.40. The van der Waals surface area contributed by atoms with E-state index in [9.17, 15) is 0 Å². The summed E-state index contributed by atoms with van der Waals surface area (Å²) in [5.41, 5.74) is 3.14. The van der Waals surface area contributed by atoms with Gasteiger partial charge in [-0.3, -0.25) is 0 Å². The van der Waals surface area contributed by atoms with Gasteiger partial charge >= 0.3 is 0 Å². The molecule has 1 unspecified atom stereocenters. The first-order valence-corrected chi connectivity index (χ1v) is 4.38. The molecule has 2 atom stereocenters. The number of fused-ring (bicyclic) bond motifs is 1. The van der Waals surface area contributed by atoms with Crippen LogP contribution in [-0.2, 0) is 0 Å². The van der Waals surface area contributed by atoms with Crippen molar-refractivity contribution in [3.8, 4) is 0 Å². The van der Waals surface area contributed by atoms with Crippen molar-refractivity contribution in [1.82, 2.24) is 0 Å². The van der Waals surface area contributed by atoms with Crippen molar-refractivity contribution in [3.63, 3.8) is 0 Å². The van der Waals surface area contributed by atoms with Gasteiger partial charge in [-0.15, -0.1) is 0 Å². The van der Waals surface area contributed by atoms with Gasteiger partial charge in [0.1, 0.15) is 0 Å². The lowest BCUT2D eigenvalue weighted by atomic mass is 10.0. The van der Waals surface area contributed by atoms with E-state index in [1.807, 2.05) is 0 Å². The Morgan fingerprint density at radius 1 is 1.00 bits per heavy atom. The monoisotopic (exact) mass is 146 g/mol. The Bertz CT molecular complexity index is 235. The molecule has 0 aliphatic heterocycles. The van der Waals surface area contributed by atoms with Crippen LogP contribution >= 0.6 is 0 Å². The molecule has 0 fully saturated rings. The molecule has 11 heavy (non-hydrogen) atoms. The van der Waals surface area contributed by atoms with E-state index in [0.717, 1.165) is 11.8 Å². The molecule has 0 saturated carbocycles. The smallest absolute Gasteiger partial charge is 0.0182 e. The summed E-state index contributed by atoms with van der Waals surface area (Å²) >= 11 is 0. The highest BCUT2D eigenvalue weighted by molar-refractivity contribution is 5.37. The number of hydrogen-bond acceptors (Lipinski definition) is 0. The van der Waals surface area contributed by atoms with Gasteiger partial charge in [0.25, 0.3) is 0 Å². The lowest BCUT2D eigenvalue weighted by Crippen LogP contribution is -1.84. The first-order valence-electron chi connectivity index (χ1n) is 4.38. The van der Waals surface area contributed by atoms with E-state index in [-0.39, 0.29) is 0 Å². The van der Waals surface area contributed by atoms with Gasteiger partial charge in [0.05, 0.1) is 0 Å². The second-order valence-corrected chi connectivity index (χ2v) is 3.67. The Hall–Kier alpha value is -0.780. The summed E-state index contributed by atoms with van der Waals surface area (Å²) in [6, 6.07) is 8.83. The average Bonchev–Trinajstić information content (AvgIpc) is 2.30. The molecule has 0 amide bonds. The van der Waals surface area contributed by atoms with Crippen molar-refractivity contribution in [2.24, 2.45) is 0 Å². The van der Waals surface area contributed by atoms with E-state index in [2.05, 4.69) is 38.1 Å². The number of hydrogen-bond donors (Lipinski definition) is 0.